The molecule has 0 bridgehead atoms. The van der Waals surface area contributed by atoms with Crippen LogP contribution >= 0.6 is 0 Å². The molecule has 0 saturated carbocycles. The van der Waals surface area contributed by atoms with Gasteiger partial charge in [-0.25, -0.2) is 0 Å². The minimum Gasteiger partial charge on any atom is -0.491 e. The number of carbonyl (C=O) groups excluding carboxylic acids is 1. The topological polar surface area (TPSA) is 45.2 Å². The van der Waals surface area contributed by atoms with E-state index in [1.165, 1.54) is 11.1 Å². The van der Waals surface area contributed by atoms with Crippen LogP contribution in [0.3, 0.4) is 0 Å². The number of ether oxygens (including phenoxy) is 2. The summed E-state index contributed by atoms with van der Waals surface area (Å²) in [4.78, 5) is 20.0. The molecular weight excluding hydrogens is 438 g/mol. The number of hydrogen-bond acceptors (Lipinski definition) is 5. The molecule has 188 valence electrons. The van der Waals surface area contributed by atoms with Crippen LogP contribution in [0.2, 0.25) is 0 Å². The molecule has 0 N–H and O–H groups in total. The molecule has 0 unspecified atom stereocenters. The van der Waals surface area contributed by atoms with Crippen molar-refractivity contribution in [1.29, 1.82) is 0 Å². The summed E-state index contributed by atoms with van der Waals surface area (Å²) in [6, 6.07) is 17.3. The van der Waals surface area contributed by atoms with E-state index in [-0.39, 0.29) is 18.1 Å². The lowest BCUT2D eigenvalue weighted by atomic mass is 9.89. The molecule has 3 aliphatic heterocycles. The van der Waals surface area contributed by atoms with Crippen molar-refractivity contribution in [2.75, 3.05) is 45.9 Å². The quantitative estimate of drug-likeness (QED) is 0.654. The van der Waals surface area contributed by atoms with Crippen LogP contribution in [0.1, 0.15) is 49.3 Å². The Hall–Kier alpha value is -2.41. The number of nitrogens with zero attached hydrogens (tertiary/aromatic N) is 3. The fourth-order valence-electron chi connectivity index (χ4n) is 5.87. The smallest absolute Gasteiger partial charge is 0.237 e. The minimum atomic E-state index is 0.209. The van der Waals surface area contributed by atoms with Crippen LogP contribution in [0.25, 0.3) is 0 Å². The van der Waals surface area contributed by atoms with E-state index < -0.39 is 0 Å². The molecule has 0 aromatic heterocycles. The molecule has 0 aliphatic carbocycles. The van der Waals surface area contributed by atoms with E-state index in [1.807, 2.05) is 4.90 Å². The third kappa shape index (κ3) is 6.24. The molecule has 1 amide bonds. The molecule has 5 rings (SSSR count). The highest BCUT2D eigenvalue weighted by Crippen LogP contribution is 2.29. The van der Waals surface area contributed by atoms with Gasteiger partial charge >= 0.3 is 0 Å². The van der Waals surface area contributed by atoms with Crippen LogP contribution in [-0.2, 0) is 22.6 Å². The molecule has 2 aromatic rings. The van der Waals surface area contributed by atoms with Crippen LogP contribution in [-0.4, -0.2) is 78.7 Å². The maximum Gasteiger partial charge on any atom is 0.237 e. The highest BCUT2D eigenvalue weighted by atomic mass is 16.5. The standard InChI is InChI=1S/C29H39N3O3/c1-22-17-31(18-23(2)35-22)19-24-8-9-28-27(16-24)20-32(14-15-34-28)29(33)21-30-12-10-26(11-13-30)25-6-4-3-5-7-25/h3-9,16,22-23,26H,10-15,17-21H2,1-2H3/t22-,23+. The first-order valence-electron chi connectivity index (χ1n) is 13.2. The minimum absolute atomic E-state index is 0.209. The highest BCUT2D eigenvalue weighted by Gasteiger charge is 2.26. The summed E-state index contributed by atoms with van der Waals surface area (Å²) in [5, 5.41) is 0. The highest BCUT2D eigenvalue weighted by molar-refractivity contribution is 5.78. The zero-order valence-corrected chi connectivity index (χ0v) is 21.2. The zero-order valence-electron chi connectivity index (χ0n) is 21.2. The van der Waals surface area contributed by atoms with Gasteiger partial charge in [-0.2, -0.15) is 0 Å². The normalized spacial score (nSPS) is 24.5. The first kappa shape index (κ1) is 24.3. The van der Waals surface area contributed by atoms with Crippen molar-refractivity contribution in [3.8, 4) is 5.75 Å². The van der Waals surface area contributed by atoms with Crippen LogP contribution in [0.15, 0.2) is 48.5 Å². The number of carbonyl (C=O) groups is 1. The average Bonchev–Trinajstić information content (AvgIpc) is 3.07. The predicted octanol–water partition coefficient (Wildman–Crippen LogP) is 3.90. The molecule has 2 aromatic carbocycles. The number of hydrogen-bond donors (Lipinski definition) is 0. The summed E-state index contributed by atoms with van der Waals surface area (Å²) in [7, 11) is 0. The van der Waals surface area contributed by atoms with Gasteiger partial charge in [-0.05, 0) is 69.0 Å². The Labute approximate surface area is 209 Å². The number of amides is 1. The van der Waals surface area contributed by atoms with Gasteiger partial charge in [0.25, 0.3) is 0 Å². The van der Waals surface area contributed by atoms with Crippen molar-refractivity contribution < 1.29 is 14.3 Å². The Morgan fingerprint density at radius 3 is 2.43 bits per heavy atom. The maximum atomic E-state index is 13.3. The third-order valence-corrected chi connectivity index (χ3v) is 7.58. The van der Waals surface area contributed by atoms with Gasteiger partial charge in [0.2, 0.25) is 5.91 Å². The van der Waals surface area contributed by atoms with Gasteiger partial charge in [0.15, 0.2) is 0 Å². The summed E-state index contributed by atoms with van der Waals surface area (Å²) in [6.45, 7) is 11.3. The fourth-order valence-corrected chi connectivity index (χ4v) is 5.87. The molecular formula is C29H39N3O3. The van der Waals surface area contributed by atoms with Crippen LogP contribution in [0, 0.1) is 0 Å². The number of piperidine rings is 1. The SMILES string of the molecule is C[C@@H]1CN(Cc2ccc3c(c2)CN(C(=O)CN2CCC(c4ccccc4)CC2)CCO3)C[C@H](C)O1. The van der Waals surface area contributed by atoms with Crippen LogP contribution < -0.4 is 4.74 Å². The van der Waals surface area contributed by atoms with Crippen LogP contribution in [0.4, 0.5) is 0 Å². The van der Waals surface area contributed by atoms with E-state index in [0.717, 1.165) is 56.9 Å². The third-order valence-electron chi connectivity index (χ3n) is 7.58. The average molecular weight is 478 g/mol. The van der Waals surface area contributed by atoms with Gasteiger partial charge in [0.1, 0.15) is 12.4 Å². The maximum absolute atomic E-state index is 13.3. The molecule has 6 nitrogen and oxygen atoms in total. The van der Waals surface area contributed by atoms with E-state index in [4.69, 9.17) is 9.47 Å². The van der Waals surface area contributed by atoms with E-state index in [0.29, 0.717) is 32.2 Å². The van der Waals surface area contributed by atoms with Gasteiger partial charge < -0.3 is 14.4 Å². The van der Waals surface area contributed by atoms with Crippen molar-refractivity contribution in [3.05, 3.63) is 65.2 Å². The molecule has 3 aliphatic rings. The van der Waals surface area contributed by atoms with Crippen molar-refractivity contribution >= 4 is 5.91 Å². The summed E-state index contributed by atoms with van der Waals surface area (Å²) in [5.41, 5.74) is 3.81. The van der Waals surface area contributed by atoms with Crippen LogP contribution in [0.5, 0.6) is 5.75 Å². The molecule has 6 heteroatoms. The van der Waals surface area contributed by atoms with Crippen molar-refractivity contribution in [2.24, 2.45) is 0 Å². The first-order valence-corrected chi connectivity index (χ1v) is 13.2. The molecule has 2 saturated heterocycles. The molecule has 35 heavy (non-hydrogen) atoms. The summed E-state index contributed by atoms with van der Waals surface area (Å²) < 4.78 is 11.9. The first-order chi connectivity index (χ1) is 17.0. The van der Waals surface area contributed by atoms with E-state index >= 15 is 0 Å². The zero-order chi connectivity index (χ0) is 24.2. The van der Waals surface area contributed by atoms with Gasteiger partial charge in [-0.15, -0.1) is 0 Å². The van der Waals surface area contributed by atoms with E-state index in [1.54, 1.807) is 0 Å². The monoisotopic (exact) mass is 477 g/mol. The molecule has 2 fully saturated rings. The Morgan fingerprint density at radius 1 is 0.943 bits per heavy atom. The number of likely N-dealkylation sites (tertiary alicyclic amines) is 1. The number of rotatable bonds is 5. The Kier molecular flexibility index (Phi) is 7.71. The predicted molar refractivity (Wildman–Crippen MR) is 137 cm³/mol. The van der Waals surface area contributed by atoms with E-state index in [9.17, 15) is 4.79 Å². The molecule has 3 heterocycles. The second-order valence-electron chi connectivity index (χ2n) is 10.5. The van der Waals surface area contributed by atoms with Gasteiger partial charge in [0.05, 0.1) is 25.3 Å². The molecule has 2 atom stereocenters. The van der Waals surface area contributed by atoms with Gasteiger partial charge in [0, 0.05) is 31.7 Å². The van der Waals surface area contributed by atoms with Crippen molar-refractivity contribution in [1.82, 2.24) is 14.7 Å². The lowest BCUT2D eigenvalue weighted by molar-refractivity contribution is -0.133. The Morgan fingerprint density at radius 2 is 1.69 bits per heavy atom. The second-order valence-corrected chi connectivity index (χ2v) is 10.5. The van der Waals surface area contributed by atoms with E-state index in [2.05, 4.69) is 72.2 Å². The van der Waals surface area contributed by atoms with Crippen molar-refractivity contribution in [3.63, 3.8) is 0 Å². The summed E-state index contributed by atoms with van der Waals surface area (Å²) in [5.74, 6) is 1.73. The Bertz CT molecular complexity index is 980. The van der Waals surface area contributed by atoms with Crippen molar-refractivity contribution in [2.45, 2.75) is 57.9 Å². The lowest BCUT2D eigenvalue weighted by Crippen LogP contribution is -2.44. The van der Waals surface area contributed by atoms with Gasteiger partial charge in [-0.1, -0.05) is 36.4 Å². The Balaban J connectivity index is 1.17. The van der Waals surface area contributed by atoms with Gasteiger partial charge in [-0.3, -0.25) is 14.6 Å². The second kappa shape index (κ2) is 11.1. The fraction of sp³-hybridized carbons (Fsp3) is 0.552. The number of morpholine rings is 1. The number of fused-ring (bicyclic) bond motifs is 1. The molecule has 0 spiro atoms. The summed E-state index contributed by atoms with van der Waals surface area (Å²) in [6.07, 6.45) is 2.75. The molecule has 0 radical (unpaired) electrons. The number of benzene rings is 2. The summed E-state index contributed by atoms with van der Waals surface area (Å²) >= 11 is 0. The lowest BCUT2D eigenvalue weighted by Gasteiger charge is -2.35. The largest absolute Gasteiger partial charge is 0.491 e.